The highest BCUT2D eigenvalue weighted by Gasteiger charge is 2.46. The highest BCUT2D eigenvalue weighted by Crippen LogP contribution is 2.35. The molecule has 0 spiro atoms. The van der Waals surface area contributed by atoms with Crippen LogP contribution in [0.2, 0.25) is 0 Å². The number of nitriles is 1. The van der Waals surface area contributed by atoms with Gasteiger partial charge in [-0.05, 0) is 5.92 Å². The van der Waals surface area contributed by atoms with Gasteiger partial charge in [0.15, 0.2) is 5.72 Å². The van der Waals surface area contributed by atoms with Crippen LogP contribution in [0.25, 0.3) is 0 Å². The van der Waals surface area contributed by atoms with Crippen LogP contribution in [0, 0.1) is 23.2 Å². The van der Waals surface area contributed by atoms with Gasteiger partial charge in [-0.2, -0.15) is 5.26 Å². The highest BCUT2D eigenvalue weighted by atomic mass is 16.3. The molecule has 0 aliphatic carbocycles. The Kier molecular flexibility index (Phi) is 2.87. The van der Waals surface area contributed by atoms with Gasteiger partial charge in [-0.1, -0.05) is 27.7 Å². The Hall–Kier alpha value is -1.34. The lowest BCUT2D eigenvalue weighted by molar-refractivity contribution is -0.122. The fourth-order valence-corrected chi connectivity index (χ4v) is 1.91. The second kappa shape index (κ2) is 3.67. The summed E-state index contributed by atoms with van der Waals surface area (Å²) < 4.78 is 0. The van der Waals surface area contributed by atoms with Crippen molar-refractivity contribution < 1.29 is 9.90 Å². The lowest BCUT2D eigenvalue weighted by atomic mass is 9.85. The summed E-state index contributed by atoms with van der Waals surface area (Å²) in [6, 6.07) is 1.86. The molecule has 0 aromatic heterocycles. The van der Waals surface area contributed by atoms with Gasteiger partial charge in [-0.15, -0.1) is 0 Å². The van der Waals surface area contributed by atoms with Gasteiger partial charge in [0.1, 0.15) is 11.6 Å². The van der Waals surface area contributed by atoms with Crippen LogP contribution in [0.5, 0.6) is 0 Å². The molecule has 82 valence electrons. The third-order valence-electron chi connectivity index (χ3n) is 2.74. The average Bonchev–Trinajstić information content (AvgIpc) is 2.38. The molecule has 0 saturated carbocycles. The van der Waals surface area contributed by atoms with E-state index in [0.29, 0.717) is 5.57 Å². The lowest BCUT2D eigenvalue weighted by Crippen LogP contribution is -2.49. The summed E-state index contributed by atoms with van der Waals surface area (Å²) in [7, 11) is 0. The predicted molar refractivity (Wildman–Crippen MR) is 55.4 cm³/mol. The van der Waals surface area contributed by atoms with Crippen molar-refractivity contribution in [3.05, 3.63) is 11.1 Å². The maximum atomic E-state index is 11.5. The van der Waals surface area contributed by atoms with Crippen molar-refractivity contribution >= 4 is 5.91 Å². The fourth-order valence-electron chi connectivity index (χ4n) is 1.91. The Morgan fingerprint density at radius 2 is 1.93 bits per heavy atom. The second-order valence-corrected chi connectivity index (χ2v) is 4.43. The quantitative estimate of drug-likeness (QED) is 0.709. The van der Waals surface area contributed by atoms with E-state index in [0.717, 1.165) is 0 Å². The SMILES string of the molecule is CC(C)C1=C(C#N)C(=O)NC1(O)C(C)C. The molecule has 1 amide bonds. The number of hydrogen-bond donors (Lipinski definition) is 2. The molecule has 1 heterocycles. The monoisotopic (exact) mass is 208 g/mol. The summed E-state index contributed by atoms with van der Waals surface area (Å²) in [5.74, 6) is -0.673. The summed E-state index contributed by atoms with van der Waals surface area (Å²) in [6.07, 6.45) is 0. The number of carbonyl (C=O) groups is 1. The molecule has 1 atom stereocenters. The average molecular weight is 208 g/mol. The number of amides is 1. The first-order valence-corrected chi connectivity index (χ1v) is 5.04. The third-order valence-corrected chi connectivity index (χ3v) is 2.74. The molecule has 0 radical (unpaired) electrons. The molecular weight excluding hydrogens is 192 g/mol. The van der Waals surface area contributed by atoms with Crippen LogP contribution in [0.3, 0.4) is 0 Å². The Morgan fingerprint density at radius 1 is 1.40 bits per heavy atom. The molecule has 0 fully saturated rings. The molecule has 0 aromatic carbocycles. The van der Waals surface area contributed by atoms with E-state index in [1.165, 1.54) is 0 Å². The number of hydrogen-bond acceptors (Lipinski definition) is 3. The molecule has 0 saturated heterocycles. The van der Waals surface area contributed by atoms with E-state index in [1.54, 1.807) is 0 Å². The summed E-state index contributed by atoms with van der Waals surface area (Å²) in [5, 5.41) is 21.7. The molecule has 2 N–H and O–H groups in total. The zero-order chi connectivity index (χ0) is 11.8. The van der Waals surface area contributed by atoms with Crippen LogP contribution in [-0.4, -0.2) is 16.7 Å². The van der Waals surface area contributed by atoms with Gasteiger partial charge in [-0.25, -0.2) is 0 Å². The van der Waals surface area contributed by atoms with Crippen LogP contribution < -0.4 is 5.32 Å². The van der Waals surface area contributed by atoms with E-state index < -0.39 is 11.6 Å². The maximum Gasteiger partial charge on any atom is 0.264 e. The Bertz CT molecular complexity index is 363. The molecule has 1 unspecified atom stereocenters. The zero-order valence-electron chi connectivity index (χ0n) is 9.46. The van der Waals surface area contributed by atoms with E-state index in [4.69, 9.17) is 5.26 Å². The minimum absolute atomic E-state index is 0.0361. The normalized spacial score (nSPS) is 26.1. The Balaban J connectivity index is 3.34. The van der Waals surface area contributed by atoms with Crippen LogP contribution in [0.4, 0.5) is 0 Å². The molecule has 1 rings (SSSR count). The number of nitrogens with zero attached hydrogens (tertiary/aromatic N) is 1. The summed E-state index contributed by atoms with van der Waals surface area (Å²) in [4.78, 5) is 11.5. The van der Waals surface area contributed by atoms with Gasteiger partial charge in [0.05, 0.1) is 0 Å². The number of carbonyl (C=O) groups excluding carboxylic acids is 1. The van der Waals surface area contributed by atoms with Crippen molar-refractivity contribution in [1.82, 2.24) is 5.32 Å². The third kappa shape index (κ3) is 1.64. The standard InChI is InChI=1S/C11H16N2O2/c1-6(2)9-8(5-12)10(14)13-11(9,15)7(3)4/h6-7,15H,1-4H3,(H,13,14). The van der Waals surface area contributed by atoms with Crippen LogP contribution in [0.15, 0.2) is 11.1 Å². The zero-order valence-corrected chi connectivity index (χ0v) is 9.46. The van der Waals surface area contributed by atoms with E-state index >= 15 is 0 Å². The fraction of sp³-hybridized carbons (Fsp3) is 0.636. The predicted octanol–water partition coefficient (Wildman–Crippen LogP) is 0.937. The molecule has 4 nitrogen and oxygen atoms in total. The van der Waals surface area contributed by atoms with Gasteiger partial charge in [0.25, 0.3) is 5.91 Å². The van der Waals surface area contributed by atoms with Gasteiger partial charge in [0.2, 0.25) is 0 Å². The summed E-state index contributed by atoms with van der Waals surface area (Å²) in [6.45, 7) is 7.34. The number of nitrogens with one attached hydrogen (secondary N) is 1. The smallest absolute Gasteiger partial charge is 0.264 e. The molecule has 1 aliphatic rings. The van der Waals surface area contributed by atoms with Crippen molar-refractivity contribution in [2.75, 3.05) is 0 Å². The van der Waals surface area contributed by atoms with Crippen LogP contribution in [0.1, 0.15) is 27.7 Å². The van der Waals surface area contributed by atoms with Crippen molar-refractivity contribution in [1.29, 1.82) is 5.26 Å². The first-order chi connectivity index (χ1) is 6.84. The van der Waals surface area contributed by atoms with Crippen LogP contribution in [-0.2, 0) is 4.79 Å². The maximum absolute atomic E-state index is 11.5. The van der Waals surface area contributed by atoms with Crippen molar-refractivity contribution in [2.45, 2.75) is 33.4 Å². The second-order valence-electron chi connectivity index (χ2n) is 4.43. The Labute approximate surface area is 89.6 Å². The van der Waals surface area contributed by atoms with E-state index in [-0.39, 0.29) is 17.4 Å². The number of aliphatic hydroxyl groups is 1. The van der Waals surface area contributed by atoms with Crippen molar-refractivity contribution in [2.24, 2.45) is 11.8 Å². The Morgan fingerprint density at radius 3 is 2.27 bits per heavy atom. The van der Waals surface area contributed by atoms with Gasteiger partial charge >= 0.3 is 0 Å². The van der Waals surface area contributed by atoms with E-state index in [2.05, 4.69) is 5.32 Å². The van der Waals surface area contributed by atoms with E-state index in [9.17, 15) is 9.90 Å². The van der Waals surface area contributed by atoms with Crippen molar-refractivity contribution in [3.63, 3.8) is 0 Å². The van der Waals surface area contributed by atoms with Gasteiger partial charge in [-0.3, -0.25) is 4.79 Å². The minimum Gasteiger partial charge on any atom is -0.367 e. The largest absolute Gasteiger partial charge is 0.367 e. The minimum atomic E-state index is -1.36. The molecule has 0 bridgehead atoms. The van der Waals surface area contributed by atoms with E-state index in [1.807, 2.05) is 33.8 Å². The molecule has 4 heteroatoms. The summed E-state index contributed by atoms with van der Waals surface area (Å²) in [5.41, 5.74) is -0.803. The molecule has 1 aliphatic heterocycles. The van der Waals surface area contributed by atoms with Crippen LogP contribution >= 0.6 is 0 Å². The topological polar surface area (TPSA) is 73.1 Å². The van der Waals surface area contributed by atoms with Gasteiger partial charge in [0, 0.05) is 11.5 Å². The first-order valence-electron chi connectivity index (χ1n) is 5.04. The molecule has 0 aromatic rings. The number of rotatable bonds is 2. The lowest BCUT2D eigenvalue weighted by Gasteiger charge is -2.32. The molecular formula is C11H16N2O2. The van der Waals surface area contributed by atoms with Crippen molar-refractivity contribution in [3.8, 4) is 6.07 Å². The van der Waals surface area contributed by atoms with Gasteiger partial charge < -0.3 is 10.4 Å². The summed E-state index contributed by atoms with van der Waals surface area (Å²) >= 11 is 0. The first kappa shape index (κ1) is 11.7. The highest BCUT2D eigenvalue weighted by molar-refractivity contribution is 6.02. The molecule has 15 heavy (non-hydrogen) atoms.